The lowest BCUT2D eigenvalue weighted by Crippen LogP contribution is -2.45. The average Bonchev–Trinajstić information content (AvgIpc) is 2.84. The number of benzene rings is 1. The molecular weight excluding hydrogens is 410 g/mol. The van der Waals surface area contributed by atoms with Gasteiger partial charge in [0.05, 0.1) is 17.9 Å². The highest BCUT2D eigenvalue weighted by molar-refractivity contribution is 6.00. The first-order valence-electron chi connectivity index (χ1n) is 12.3. The van der Waals surface area contributed by atoms with Crippen LogP contribution < -0.4 is 10.6 Å². The van der Waals surface area contributed by atoms with Crippen molar-refractivity contribution in [3.8, 4) is 0 Å². The minimum absolute atomic E-state index is 0.0650. The van der Waals surface area contributed by atoms with Gasteiger partial charge in [0.15, 0.2) is 0 Å². The SMILES string of the molecule is CCC(C(=O)NC[C@H]1CC[C@@H](NC2=NC3C=CC=CC3C(N(C)C)=N2)CC1)c1ccccc1. The second-order valence-corrected chi connectivity index (χ2v) is 9.58. The molecule has 0 radical (unpaired) electrons. The molecule has 1 aliphatic heterocycles. The van der Waals surface area contributed by atoms with Crippen LogP contribution in [0.25, 0.3) is 0 Å². The van der Waals surface area contributed by atoms with Crippen molar-refractivity contribution in [2.24, 2.45) is 21.8 Å². The molecule has 1 amide bonds. The number of fused-ring (bicyclic) bond motifs is 1. The molecular formula is C27H37N5O. The molecule has 0 spiro atoms. The van der Waals surface area contributed by atoms with Crippen LogP contribution in [0.2, 0.25) is 0 Å². The van der Waals surface area contributed by atoms with Gasteiger partial charge in [-0.15, -0.1) is 0 Å². The maximum atomic E-state index is 12.8. The summed E-state index contributed by atoms with van der Waals surface area (Å²) in [4.78, 5) is 24.6. The van der Waals surface area contributed by atoms with Crippen molar-refractivity contribution in [1.29, 1.82) is 0 Å². The third kappa shape index (κ3) is 5.73. The van der Waals surface area contributed by atoms with Gasteiger partial charge in [0, 0.05) is 26.7 Å². The molecule has 0 saturated heterocycles. The molecule has 0 bridgehead atoms. The van der Waals surface area contributed by atoms with Crippen LogP contribution in [-0.4, -0.2) is 55.3 Å². The Kier molecular flexibility index (Phi) is 7.63. The molecule has 2 aliphatic carbocycles. The Morgan fingerprint density at radius 3 is 2.52 bits per heavy atom. The minimum Gasteiger partial charge on any atom is -0.365 e. The van der Waals surface area contributed by atoms with Gasteiger partial charge in [0.2, 0.25) is 11.9 Å². The maximum absolute atomic E-state index is 12.8. The summed E-state index contributed by atoms with van der Waals surface area (Å²) in [7, 11) is 4.09. The lowest BCUT2D eigenvalue weighted by atomic mass is 9.85. The molecule has 33 heavy (non-hydrogen) atoms. The zero-order valence-electron chi connectivity index (χ0n) is 20.1. The number of carbonyl (C=O) groups is 1. The molecule has 176 valence electrons. The third-order valence-electron chi connectivity index (χ3n) is 7.03. The van der Waals surface area contributed by atoms with Gasteiger partial charge in [0.25, 0.3) is 0 Å². The predicted octanol–water partition coefficient (Wildman–Crippen LogP) is 3.89. The van der Waals surface area contributed by atoms with E-state index in [-0.39, 0.29) is 23.8 Å². The molecule has 1 aromatic carbocycles. The van der Waals surface area contributed by atoms with Gasteiger partial charge in [-0.1, -0.05) is 61.6 Å². The fraction of sp³-hybridized carbons (Fsp3) is 0.519. The van der Waals surface area contributed by atoms with E-state index >= 15 is 0 Å². The van der Waals surface area contributed by atoms with E-state index in [4.69, 9.17) is 9.98 Å². The first-order chi connectivity index (χ1) is 16.0. The van der Waals surface area contributed by atoms with Crippen molar-refractivity contribution in [2.75, 3.05) is 20.6 Å². The van der Waals surface area contributed by atoms with E-state index in [1.807, 2.05) is 44.4 Å². The van der Waals surface area contributed by atoms with E-state index in [0.29, 0.717) is 12.0 Å². The molecule has 1 heterocycles. The van der Waals surface area contributed by atoms with Gasteiger partial charge < -0.3 is 15.5 Å². The van der Waals surface area contributed by atoms with Crippen LogP contribution >= 0.6 is 0 Å². The van der Waals surface area contributed by atoms with Crippen molar-refractivity contribution in [3.63, 3.8) is 0 Å². The minimum atomic E-state index is -0.0650. The standard InChI is InChI=1S/C27H37N5O/c1-4-22(20-10-6-5-7-11-20)26(33)28-18-19-14-16-21(17-15-19)29-27-30-24-13-9-8-12-23(24)25(31-27)32(2)3/h5-13,19,21-24H,4,14-18H2,1-3H3,(H,28,33)(H,29,30)/t19-,21+,22?,23?,24?. The molecule has 6 nitrogen and oxygen atoms in total. The zero-order chi connectivity index (χ0) is 23.2. The Balaban J connectivity index is 1.26. The van der Waals surface area contributed by atoms with Crippen LogP contribution in [-0.2, 0) is 4.79 Å². The number of allylic oxidation sites excluding steroid dienone is 2. The monoisotopic (exact) mass is 447 g/mol. The number of nitrogens with zero attached hydrogens (tertiary/aromatic N) is 3. The second kappa shape index (κ2) is 10.8. The first-order valence-corrected chi connectivity index (χ1v) is 12.3. The summed E-state index contributed by atoms with van der Waals surface area (Å²) >= 11 is 0. The molecule has 6 heteroatoms. The Hall–Kier alpha value is -2.89. The zero-order valence-corrected chi connectivity index (χ0v) is 20.1. The number of hydrogen-bond donors (Lipinski definition) is 2. The largest absolute Gasteiger partial charge is 0.365 e. The van der Waals surface area contributed by atoms with E-state index in [1.165, 1.54) is 0 Å². The van der Waals surface area contributed by atoms with Crippen molar-refractivity contribution in [3.05, 3.63) is 60.2 Å². The van der Waals surface area contributed by atoms with Crippen LogP contribution in [0.3, 0.4) is 0 Å². The molecule has 4 rings (SSSR count). The van der Waals surface area contributed by atoms with Crippen molar-refractivity contribution >= 4 is 17.7 Å². The van der Waals surface area contributed by atoms with E-state index < -0.39 is 0 Å². The smallest absolute Gasteiger partial charge is 0.227 e. The molecule has 2 N–H and O–H groups in total. The van der Waals surface area contributed by atoms with Crippen LogP contribution in [0.15, 0.2) is 64.6 Å². The summed E-state index contributed by atoms with van der Waals surface area (Å²) < 4.78 is 0. The summed E-state index contributed by atoms with van der Waals surface area (Å²) in [6, 6.07) is 10.6. The summed E-state index contributed by atoms with van der Waals surface area (Å²) in [6.07, 6.45) is 13.7. The summed E-state index contributed by atoms with van der Waals surface area (Å²) in [5, 5.41) is 6.82. The Morgan fingerprint density at radius 1 is 1.09 bits per heavy atom. The maximum Gasteiger partial charge on any atom is 0.227 e. The van der Waals surface area contributed by atoms with Gasteiger partial charge in [-0.05, 0) is 43.6 Å². The molecule has 3 atom stereocenters. The lowest BCUT2D eigenvalue weighted by molar-refractivity contribution is -0.122. The van der Waals surface area contributed by atoms with Crippen molar-refractivity contribution in [2.45, 2.75) is 57.0 Å². The number of carbonyl (C=O) groups excluding carboxylic acids is 1. The van der Waals surface area contributed by atoms with Crippen LogP contribution in [0.5, 0.6) is 0 Å². The van der Waals surface area contributed by atoms with Crippen LogP contribution in [0.4, 0.5) is 0 Å². The number of nitrogens with one attached hydrogen (secondary N) is 2. The molecule has 1 aromatic rings. The fourth-order valence-corrected chi connectivity index (χ4v) is 5.10. The van der Waals surface area contributed by atoms with Gasteiger partial charge in [-0.3, -0.25) is 4.79 Å². The van der Waals surface area contributed by atoms with Gasteiger partial charge in [-0.2, -0.15) is 4.99 Å². The molecule has 1 saturated carbocycles. The molecule has 3 unspecified atom stereocenters. The third-order valence-corrected chi connectivity index (χ3v) is 7.03. The lowest BCUT2D eigenvalue weighted by Gasteiger charge is -2.34. The highest BCUT2D eigenvalue weighted by Crippen LogP contribution is 2.27. The number of guanidine groups is 1. The first kappa shape index (κ1) is 23.3. The quantitative estimate of drug-likeness (QED) is 0.695. The summed E-state index contributed by atoms with van der Waals surface area (Å²) in [5.74, 6) is 2.65. The number of amidine groups is 1. The number of amides is 1. The Morgan fingerprint density at radius 2 is 1.82 bits per heavy atom. The molecule has 0 aromatic heterocycles. The van der Waals surface area contributed by atoms with Crippen molar-refractivity contribution < 1.29 is 4.79 Å². The second-order valence-electron chi connectivity index (χ2n) is 9.58. The van der Waals surface area contributed by atoms with E-state index in [1.54, 1.807) is 0 Å². The Bertz CT molecular complexity index is 925. The normalized spacial score (nSPS) is 27.1. The van der Waals surface area contributed by atoms with E-state index in [9.17, 15) is 4.79 Å². The van der Waals surface area contributed by atoms with E-state index in [0.717, 1.165) is 56.0 Å². The summed E-state index contributed by atoms with van der Waals surface area (Å²) in [6.45, 7) is 2.84. The highest BCUT2D eigenvalue weighted by Gasteiger charge is 2.31. The van der Waals surface area contributed by atoms with Gasteiger partial charge in [0.1, 0.15) is 5.84 Å². The van der Waals surface area contributed by atoms with Gasteiger partial charge in [-0.25, -0.2) is 4.99 Å². The Labute approximate surface area is 198 Å². The fourth-order valence-electron chi connectivity index (χ4n) is 5.10. The average molecular weight is 448 g/mol. The van der Waals surface area contributed by atoms with E-state index in [2.05, 4.69) is 46.8 Å². The van der Waals surface area contributed by atoms with Gasteiger partial charge >= 0.3 is 0 Å². The van der Waals surface area contributed by atoms with Crippen molar-refractivity contribution in [1.82, 2.24) is 15.5 Å². The molecule has 3 aliphatic rings. The molecule has 1 fully saturated rings. The summed E-state index contributed by atoms with van der Waals surface area (Å²) in [5.41, 5.74) is 1.10. The number of rotatable bonds is 6. The van der Waals surface area contributed by atoms with Crippen LogP contribution in [0.1, 0.15) is 50.5 Å². The highest BCUT2D eigenvalue weighted by atomic mass is 16.1. The predicted molar refractivity (Wildman–Crippen MR) is 135 cm³/mol. The topological polar surface area (TPSA) is 69.1 Å². The number of aliphatic imine (C=N–C) groups is 2. The number of hydrogen-bond acceptors (Lipinski definition) is 5. The van der Waals surface area contributed by atoms with Crippen LogP contribution in [0, 0.1) is 11.8 Å².